The first-order chi connectivity index (χ1) is 7.54. The molecule has 0 aromatic carbocycles. The Morgan fingerprint density at radius 2 is 2.12 bits per heavy atom. The van der Waals surface area contributed by atoms with Gasteiger partial charge in [0.1, 0.15) is 0 Å². The van der Waals surface area contributed by atoms with E-state index in [4.69, 9.17) is 0 Å². The first-order valence-corrected chi connectivity index (χ1v) is 6.51. The monoisotopic (exact) mass is 226 g/mol. The first kappa shape index (κ1) is 13.5. The number of carbonyl (C=O) groups is 1. The molecule has 1 aliphatic carbocycles. The summed E-state index contributed by atoms with van der Waals surface area (Å²) in [5, 5.41) is 3.47. The van der Waals surface area contributed by atoms with Crippen LogP contribution in [-0.4, -0.2) is 37.0 Å². The number of likely N-dealkylation sites (N-methyl/N-ethyl adjacent to an activating group) is 1. The molecule has 3 atom stereocenters. The molecular weight excluding hydrogens is 200 g/mol. The van der Waals surface area contributed by atoms with Crippen LogP contribution in [0.15, 0.2) is 0 Å². The second-order valence-electron chi connectivity index (χ2n) is 5.26. The maximum Gasteiger partial charge on any atom is 0.238 e. The van der Waals surface area contributed by atoms with E-state index in [1.165, 1.54) is 32.1 Å². The van der Waals surface area contributed by atoms with Gasteiger partial charge in [0.25, 0.3) is 0 Å². The molecule has 0 aromatic heterocycles. The summed E-state index contributed by atoms with van der Waals surface area (Å²) < 4.78 is 0. The van der Waals surface area contributed by atoms with Crippen molar-refractivity contribution in [2.75, 3.05) is 14.1 Å². The molecule has 0 spiro atoms. The van der Waals surface area contributed by atoms with Gasteiger partial charge in [-0.05, 0) is 25.7 Å². The molecule has 1 aliphatic rings. The molecule has 94 valence electrons. The number of hydrogen-bond donors (Lipinski definition) is 1. The molecule has 1 fully saturated rings. The van der Waals surface area contributed by atoms with Gasteiger partial charge in [0.15, 0.2) is 0 Å². The molecule has 0 aliphatic heterocycles. The number of nitrogens with one attached hydrogen (secondary N) is 1. The predicted molar refractivity (Wildman–Crippen MR) is 67.3 cm³/mol. The van der Waals surface area contributed by atoms with Crippen molar-refractivity contribution in [3.8, 4) is 0 Å². The van der Waals surface area contributed by atoms with Crippen LogP contribution in [0, 0.1) is 5.92 Å². The zero-order chi connectivity index (χ0) is 12.1. The van der Waals surface area contributed by atoms with Crippen molar-refractivity contribution >= 4 is 5.91 Å². The molecule has 0 radical (unpaired) electrons. The van der Waals surface area contributed by atoms with Crippen LogP contribution >= 0.6 is 0 Å². The van der Waals surface area contributed by atoms with E-state index in [2.05, 4.69) is 12.2 Å². The van der Waals surface area contributed by atoms with Crippen LogP contribution in [0.4, 0.5) is 0 Å². The fourth-order valence-electron chi connectivity index (χ4n) is 2.63. The maximum absolute atomic E-state index is 11.7. The highest BCUT2D eigenvalue weighted by Gasteiger charge is 2.24. The molecule has 1 amide bonds. The molecule has 1 rings (SSSR count). The summed E-state index contributed by atoms with van der Waals surface area (Å²) in [6.45, 7) is 4.24. The first-order valence-electron chi connectivity index (χ1n) is 6.51. The molecule has 16 heavy (non-hydrogen) atoms. The van der Waals surface area contributed by atoms with Crippen LogP contribution in [0.3, 0.4) is 0 Å². The van der Waals surface area contributed by atoms with Gasteiger partial charge in [-0.1, -0.05) is 26.2 Å². The Hall–Kier alpha value is -0.570. The van der Waals surface area contributed by atoms with Crippen LogP contribution in [0.5, 0.6) is 0 Å². The van der Waals surface area contributed by atoms with Gasteiger partial charge >= 0.3 is 0 Å². The summed E-state index contributed by atoms with van der Waals surface area (Å²) in [4.78, 5) is 13.4. The van der Waals surface area contributed by atoms with Crippen molar-refractivity contribution in [1.29, 1.82) is 0 Å². The average Bonchev–Trinajstić information content (AvgIpc) is 2.28. The zero-order valence-corrected chi connectivity index (χ0v) is 11.1. The minimum Gasteiger partial charge on any atom is -0.347 e. The fraction of sp³-hybridized carbons (Fsp3) is 0.923. The van der Waals surface area contributed by atoms with Gasteiger partial charge in [0.2, 0.25) is 5.91 Å². The Labute approximate surface area is 99.6 Å². The maximum atomic E-state index is 11.7. The van der Waals surface area contributed by atoms with Crippen molar-refractivity contribution in [1.82, 2.24) is 10.2 Å². The topological polar surface area (TPSA) is 32.3 Å². The third kappa shape index (κ3) is 3.78. The van der Waals surface area contributed by atoms with Gasteiger partial charge in [-0.25, -0.2) is 0 Å². The lowest BCUT2D eigenvalue weighted by molar-refractivity contribution is -0.130. The van der Waals surface area contributed by atoms with E-state index in [1.54, 1.807) is 4.90 Å². The number of amides is 1. The second kappa shape index (κ2) is 6.24. The van der Waals surface area contributed by atoms with Crippen LogP contribution in [-0.2, 0) is 4.79 Å². The van der Waals surface area contributed by atoms with Crippen molar-refractivity contribution in [3.05, 3.63) is 0 Å². The normalized spacial score (nSPS) is 27.5. The summed E-state index contributed by atoms with van der Waals surface area (Å²) in [7, 11) is 3.63. The Morgan fingerprint density at radius 3 is 2.69 bits per heavy atom. The van der Waals surface area contributed by atoms with E-state index in [9.17, 15) is 4.79 Å². The third-order valence-electron chi connectivity index (χ3n) is 3.66. The van der Waals surface area contributed by atoms with Crippen LogP contribution in [0.25, 0.3) is 0 Å². The Bertz CT molecular complexity index is 228. The Balaban J connectivity index is 2.38. The summed E-state index contributed by atoms with van der Waals surface area (Å²) in [5.74, 6) is 1.03. The molecule has 0 saturated heterocycles. The Morgan fingerprint density at radius 1 is 1.44 bits per heavy atom. The SMILES string of the molecule is CCC1CCCC(NC(C)C(=O)N(C)C)C1. The van der Waals surface area contributed by atoms with E-state index in [0.717, 1.165) is 5.92 Å². The zero-order valence-electron chi connectivity index (χ0n) is 11.1. The van der Waals surface area contributed by atoms with Crippen LogP contribution in [0.2, 0.25) is 0 Å². The molecule has 0 bridgehead atoms. The summed E-state index contributed by atoms with van der Waals surface area (Å²) in [6, 6.07) is 0.494. The van der Waals surface area contributed by atoms with Crippen molar-refractivity contribution in [3.63, 3.8) is 0 Å². The molecule has 1 N–H and O–H groups in total. The smallest absolute Gasteiger partial charge is 0.238 e. The molecule has 3 nitrogen and oxygen atoms in total. The lowest BCUT2D eigenvalue weighted by Gasteiger charge is -2.31. The lowest BCUT2D eigenvalue weighted by Crippen LogP contribution is -2.47. The molecular formula is C13H26N2O. The minimum atomic E-state index is -0.0457. The van der Waals surface area contributed by atoms with E-state index in [0.29, 0.717) is 6.04 Å². The number of rotatable bonds is 4. The van der Waals surface area contributed by atoms with E-state index in [1.807, 2.05) is 21.0 Å². The summed E-state index contributed by atoms with van der Waals surface area (Å²) in [5.41, 5.74) is 0. The molecule has 3 unspecified atom stereocenters. The Kier molecular flexibility index (Phi) is 5.26. The number of carbonyl (C=O) groups excluding carboxylic acids is 1. The minimum absolute atomic E-state index is 0.0457. The average molecular weight is 226 g/mol. The molecule has 0 aromatic rings. The van der Waals surface area contributed by atoms with E-state index in [-0.39, 0.29) is 11.9 Å². The summed E-state index contributed by atoms with van der Waals surface area (Å²) in [6.07, 6.45) is 6.40. The van der Waals surface area contributed by atoms with E-state index < -0.39 is 0 Å². The lowest BCUT2D eigenvalue weighted by atomic mass is 9.84. The largest absolute Gasteiger partial charge is 0.347 e. The molecule has 0 heterocycles. The van der Waals surface area contributed by atoms with Gasteiger partial charge in [-0.3, -0.25) is 4.79 Å². The highest BCUT2D eigenvalue weighted by molar-refractivity contribution is 5.80. The van der Waals surface area contributed by atoms with Crippen LogP contribution < -0.4 is 5.32 Å². The predicted octanol–water partition coefficient (Wildman–Crippen LogP) is 2.02. The van der Waals surface area contributed by atoms with E-state index >= 15 is 0 Å². The van der Waals surface area contributed by atoms with Gasteiger partial charge in [-0.15, -0.1) is 0 Å². The number of nitrogens with zero attached hydrogens (tertiary/aromatic N) is 1. The van der Waals surface area contributed by atoms with Gasteiger partial charge in [0.05, 0.1) is 6.04 Å². The fourth-order valence-corrected chi connectivity index (χ4v) is 2.63. The van der Waals surface area contributed by atoms with Gasteiger partial charge in [0, 0.05) is 20.1 Å². The van der Waals surface area contributed by atoms with Crippen LogP contribution in [0.1, 0.15) is 46.0 Å². The summed E-state index contributed by atoms with van der Waals surface area (Å²) >= 11 is 0. The van der Waals surface area contributed by atoms with Gasteiger partial charge in [-0.2, -0.15) is 0 Å². The second-order valence-corrected chi connectivity index (χ2v) is 5.26. The standard InChI is InChI=1S/C13H26N2O/c1-5-11-7-6-8-12(9-11)14-10(2)13(16)15(3)4/h10-12,14H,5-9H2,1-4H3. The van der Waals surface area contributed by atoms with Crippen molar-refractivity contribution < 1.29 is 4.79 Å². The van der Waals surface area contributed by atoms with Gasteiger partial charge < -0.3 is 10.2 Å². The third-order valence-corrected chi connectivity index (χ3v) is 3.66. The number of hydrogen-bond acceptors (Lipinski definition) is 2. The quantitative estimate of drug-likeness (QED) is 0.795. The highest BCUT2D eigenvalue weighted by Crippen LogP contribution is 2.26. The van der Waals surface area contributed by atoms with Crippen molar-refractivity contribution in [2.45, 2.75) is 58.0 Å². The van der Waals surface area contributed by atoms with Crippen molar-refractivity contribution in [2.24, 2.45) is 5.92 Å². The molecule has 1 saturated carbocycles. The highest BCUT2D eigenvalue weighted by atomic mass is 16.2. The molecule has 3 heteroatoms.